The number of ketones is 1. The van der Waals surface area contributed by atoms with Crippen LogP contribution in [0.25, 0.3) is 0 Å². The van der Waals surface area contributed by atoms with E-state index in [1.807, 2.05) is 31.2 Å². The second-order valence-corrected chi connectivity index (χ2v) is 10.2. The van der Waals surface area contributed by atoms with E-state index in [1.165, 1.54) is 17.3 Å². The lowest BCUT2D eigenvalue weighted by Gasteiger charge is -2.36. The number of benzene rings is 2. The lowest BCUT2D eigenvalue weighted by Crippen LogP contribution is -2.42. The lowest BCUT2D eigenvalue weighted by atomic mass is 9.99. The predicted octanol–water partition coefficient (Wildman–Crippen LogP) is 4.22. The summed E-state index contributed by atoms with van der Waals surface area (Å²) in [7, 11) is -3.82. The van der Waals surface area contributed by atoms with Crippen LogP contribution >= 0.6 is 0 Å². The number of carbonyl (C=O) groups excluding carboxylic acids is 1. The number of Topliss-reactive ketones (excluding diaryl/α,β-unsaturated/α-hetero) is 1. The molecular formula is C24H29NO5S. The van der Waals surface area contributed by atoms with Gasteiger partial charge in [0, 0.05) is 19.3 Å². The topological polar surface area (TPSA) is 72.9 Å². The zero-order valence-electron chi connectivity index (χ0n) is 18.0. The Morgan fingerprint density at radius 1 is 1.13 bits per heavy atom. The van der Waals surface area contributed by atoms with Gasteiger partial charge in [-0.2, -0.15) is 0 Å². The fraction of sp³-hybridized carbons (Fsp3) is 0.458. The predicted molar refractivity (Wildman–Crippen MR) is 119 cm³/mol. The quantitative estimate of drug-likeness (QED) is 0.625. The van der Waals surface area contributed by atoms with Crippen LogP contribution in [0.3, 0.4) is 0 Å². The van der Waals surface area contributed by atoms with Gasteiger partial charge in [-0.05, 0) is 75.3 Å². The first-order valence-corrected chi connectivity index (χ1v) is 12.3. The molecule has 0 bridgehead atoms. The average molecular weight is 444 g/mol. The van der Waals surface area contributed by atoms with Gasteiger partial charge in [-0.3, -0.25) is 9.10 Å². The summed E-state index contributed by atoms with van der Waals surface area (Å²) >= 11 is 0. The minimum atomic E-state index is -3.82. The molecule has 0 N–H and O–H groups in total. The van der Waals surface area contributed by atoms with Gasteiger partial charge in [0.05, 0.1) is 22.8 Å². The maximum atomic E-state index is 13.6. The Morgan fingerprint density at radius 3 is 2.61 bits per heavy atom. The fourth-order valence-corrected chi connectivity index (χ4v) is 6.08. The van der Waals surface area contributed by atoms with E-state index in [9.17, 15) is 13.2 Å². The molecule has 2 aromatic carbocycles. The fourth-order valence-electron chi connectivity index (χ4n) is 4.33. The van der Waals surface area contributed by atoms with E-state index in [-0.39, 0.29) is 16.7 Å². The van der Waals surface area contributed by atoms with Crippen LogP contribution in [0.2, 0.25) is 0 Å². The molecule has 1 atom stereocenters. The Labute approximate surface area is 184 Å². The first kappa shape index (κ1) is 21.8. The third kappa shape index (κ3) is 4.48. The van der Waals surface area contributed by atoms with Gasteiger partial charge < -0.3 is 9.47 Å². The van der Waals surface area contributed by atoms with Crippen LogP contribution in [-0.2, 0) is 21.2 Å². The lowest BCUT2D eigenvalue weighted by molar-refractivity contribution is 0.0495. The van der Waals surface area contributed by atoms with Gasteiger partial charge >= 0.3 is 0 Å². The van der Waals surface area contributed by atoms with E-state index < -0.39 is 10.0 Å². The molecule has 0 spiro atoms. The molecule has 0 aromatic heterocycles. The number of carbonyl (C=O) groups is 1. The molecule has 4 rings (SSSR count). The highest BCUT2D eigenvalue weighted by Crippen LogP contribution is 2.36. The minimum absolute atomic E-state index is 0.111. The van der Waals surface area contributed by atoms with E-state index in [0.29, 0.717) is 29.5 Å². The van der Waals surface area contributed by atoms with E-state index >= 15 is 0 Å². The van der Waals surface area contributed by atoms with Crippen molar-refractivity contribution in [3.05, 3.63) is 53.6 Å². The monoisotopic (exact) mass is 443 g/mol. The molecule has 31 heavy (non-hydrogen) atoms. The summed E-state index contributed by atoms with van der Waals surface area (Å²) in [5.41, 5.74) is 2.03. The van der Waals surface area contributed by atoms with Crippen LogP contribution in [0.15, 0.2) is 47.4 Å². The standard InChI is InChI=1S/C24H29NO5S/c1-17-7-8-20-5-3-4-6-23(20)25(17)31(27,28)21-9-10-24(22(15-21)18(2)26)30-16-19-11-13-29-14-12-19/h3-6,9-10,15,17,19H,7-8,11-14,16H2,1-2H3. The zero-order valence-corrected chi connectivity index (χ0v) is 18.9. The van der Waals surface area contributed by atoms with Gasteiger partial charge in [0.25, 0.3) is 10.0 Å². The van der Waals surface area contributed by atoms with Crippen LogP contribution in [-0.4, -0.2) is 40.1 Å². The van der Waals surface area contributed by atoms with Crippen molar-refractivity contribution in [2.75, 3.05) is 24.1 Å². The molecule has 0 aliphatic carbocycles. The number of anilines is 1. The normalized spacial score (nSPS) is 19.7. The van der Waals surface area contributed by atoms with Crippen LogP contribution in [0, 0.1) is 5.92 Å². The number of fused-ring (bicyclic) bond motifs is 1. The number of sulfonamides is 1. The summed E-state index contributed by atoms with van der Waals surface area (Å²) in [6.07, 6.45) is 3.45. The second kappa shape index (κ2) is 9.01. The van der Waals surface area contributed by atoms with Crippen LogP contribution in [0.1, 0.15) is 49.0 Å². The number of rotatable bonds is 6. The van der Waals surface area contributed by atoms with Crippen molar-refractivity contribution >= 4 is 21.5 Å². The Hall–Kier alpha value is -2.38. The largest absolute Gasteiger partial charge is 0.493 e. The number of ether oxygens (including phenoxy) is 2. The van der Waals surface area contributed by atoms with Crippen molar-refractivity contribution in [2.45, 2.75) is 50.5 Å². The summed E-state index contributed by atoms with van der Waals surface area (Å²) in [5, 5.41) is 0. The smallest absolute Gasteiger partial charge is 0.264 e. The van der Waals surface area contributed by atoms with Crippen LogP contribution in [0.4, 0.5) is 5.69 Å². The highest BCUT2D eigenvalue weighted by molar-refractivity contribution is 7.92. The van der Waals surface area contributed by atoms with Gasteiger partial charge in [0.1, 0.15) is 5.75 Å². The molecule has 0 saturated carbocycles. The van der Waals surface area contributed by atoms with Crippen molar-refractivity contribution in [3.63, 3.8) is 0 Å². The Balaban J connectivity index is 1.64. The maximum Gasteiger partial charge on any atom is 0.264 e. The van der Waals surface area contributed by atoms with Crippen molar-refractivity contribution in [2.24, 2.45) is 5.92 Å². The minimum Gasteiger partial charge on any atom is -0.493 e. The molecule has 2 heterocycles. The molecule has 1 fully saturated rings. The number of hydrogen-bond donors (Lipinski definition) is 0. The Morgan fingerprint density at radius 2 is 1.87 bits per heavy atom. The summed E-state index contributed by atoms with van der Waals surface area (Å²) < 4.78 is 40.0. The molecule has 6 nitrogen and oxygen atoms in total. The van der Waals surface area contributed by atoms with Gasteiger partial charge in [0.15, 0.2) is 5.78 Å². The highest BCUT2D eigenvalue weighted by Gasteiger charge is 2.34. The molecule has 1 unspecified atom stereocenters. The van der Waals surface area contributed by atoms with Gasteiger partial charge in [0.2, 0.25) is 0 Å². The first-order chi connectivity index (χ1) is 14.9. The maximum absolute atomic E-state index is 13.6. The molecular weight excluding hydrogens is 414 g/mol. The average Bonchev–Trinajstić information content (AvgIpc) is 2.77. The zero-order chi connectivity index (χ0) is 22.0. The molecule has 2 aliphatic heterocycles. The number of aryl methyl sites for hydroxylation is 1. The number of hydrogen-bond acceptors (Lipinski definition) is 5. The second-order valence-electron chi connectivity index (χ2n) is 8.40. The van der Waals surface area contributed by atoms with Crippen LogP contribution in [0.5, 0.6) is 5.75 Å². The third-order valence-corrected chi connectivity index (χ3v) is 8.09. The number of para-hydroxylation sites is 1. The molecule has 7 heteroatoms. The Bertz CT molecular complexity index is 1060. The Kier molecular flexibility index (Phi) is 6.34. The van der Waals surface area contributed by atoms with Crippen molar-refractivity contribution in [1.82, 2.24) is 0 Å². The molecule has 2 aromatic rings. The van der Waals surface area contributed by atoms with Gasteiger partial charge in [-0.25, -0.2) is 8.42 Å². The third-order valence-electron chi connectivity index (χ3n) is 6.16. The van der Waals surface area contributed by atoms with Gasteiger partial charge in [-0.15, -0.1) is 0 Å². The molecule has 0 radical (unpaired) electrons. The summed E-state index contributed by atoms with van der Waals surface area (Å²) in [6, 6.07) is 12.1. The summed E-state index contributed by atoms with van der Waals surface area (Å²) in [4.78, 5) is 12.4. The highest BCUT2D eigenvalue weighted by atomic mass is 32.2. The van der Waals surface area contributed by atoms with E-state index in [2.05, 4.69) is 0 Å². The molecule has 166 valence electrons. The van der Waals surface area contributed by atoms with Crippen molar-refractivity contribution in [3.8, 4) is 5.75 Å². The van der Waals surface area contributed by atoms with Crippen molar-refractivity contribution in [1.29, 1.82) is 0 Å². The van der Waals surface area contributed by atoms with E-state index in [0.717, 1.165) is 44.5 Å². The van der Waals surface area contributed by atoms with E-state index in [1.54, 1.807) is 12.1 Å². The molecule has 1 saturated heterocycles. The molecule has 2 aliphatic rings. The molecule has 0 amide bonds. The SMILES string of the molecule is CC(=O)c1cc(S(=O)(=O)N2c3ccccc3CCC2C)ccc1OCC1CCOCC1. The summed E-state index contributed by atoms with van der Waals surface area (Å²) in [6.45, 7) is 5.30. The first-order valence-electron chi connectivity index (χ1n) is 10.9. The summed E-state index contributed by atoms with van der Waals surface area (Å²) in [5.74, 6) is 0.596. The van der Waals surface area contributed by atoms with Gasteiger partial charge in [-0.1, -0.05) is 18.2 Å². The van der Waals surface area contributed by atoms with Crippen molar-refractivity contribution < 1.29 is 22.7 Å². The van der Waals surface area contributed by atoms with E-state index in [4.69, 9.17) is 9.47 Å². The number of nitrogens with zero attached hydrogens (tertiary/aromatic N) is 1. The van der Waals surface area contributed by atoms with Crippen LogP contribution < -0.4 is 9.04 Å².